The molecule has 2 aliphatic heterocycles. The monoisotopic (exact) mass is 521 g/mol. The average molecular weight is 522 g/mol. The van der Waals surface area contributed by atoms with E-state index in [2.05, 4.69) is 15.4 Å². The average Bonchev–Trinajstić information content (AvgIpc) is 3.24. The lowest BCUT2D eigenvalue weighted by molar-refractivity contribution is -0.0783. The minimum Gasteiger partial charge on any atom is -0.365 e. The Morgan fingerprint density at radius 3 is 2.64 bits per heavy atom. The highest BCUT2D eigenvalue weighted by Crippen LogP contribution is 2.36. The van der Waals surface area contributed by atoms with Crippen molar-refractivity contribution in [2.75, 3.05) is 37.3 Å². The van der Waals surface area contributed by atoms with E-state index in [1.54, 1.807) is 11.9 Å². The van der Waals surface area contributed by atoms with E-state index in [0.29, 0.717) is 13.1 Å². The number of hydrogen-bond acceptors (Lipinski definition) is 8. The largest absolute Gasteiger partial charge is 0.365 e. The van der Waals surface area contributed by atoms with Crippen molar-refractivity contribution in [2.24, 2.45) is 5.73 Å². The summed E-state index contributed by atoms with van der Waals surface area (Å²) in [7, 11) is -2.28. The summed E-state index contributed by atoms with van der Waals surface area (Å²) in [6.07, 6.45) is -0.458. The van der Waals surface area contributed by atoms with Gasteiger partial charge in [0.15, 0.2) is 9.84 Å². The Kier molecular flexibility index (Phi) is 6.25. The maximum absolute atomic E-state index is 15.3. The Bertz CT molecular complexity index is 1370. The molecule has 2 atom stereocenters. The molecule has 1 saturated heterocycles. The van der Waals surface area contributed by atoms with E-state index < -0.39 is 40.1 Å². The van der Waals surface area contributed by atoms with E-state index >= 15 is 4.39 Å². The molecular formula is C23H26F3N7O2S. The number of rotatable bonds is 4. The lowest BCUT2D eigenvalue weighted by Crippen LogP contribution is -2.46. The molecule has 2 aliphatic rings. The van der Waals surface area contributed by atoms with Crippen LogP contribution < -0.4 is 10.6 Å². The molecule has 1 unspecified atom stereocenters. The molecule has 36 heavy (non-hydrogen) atoms. The predicted octanol–water partition coefficient (Wildman–Crippen LogP) is 2.11. The number of piperidine rings is 1. The second-order valence-electron chi connectivity index (χ2n) is 9.55. The van der Waals surface area contributed by atoms with Crippen molar-refractivity contribution in [2.45, 2.75) is 35.9 Å². The van der Waals surface area contributed by atoms with Gasteiger partial charge in [-0.1, -0.05) is 30.3 Å². The van der Waals surface area contributed by atoms with Gasteiger partial charge in [0.05, 0.1) is 34.5 Å². The number of alkyl halides is 2. The van der Waals surface area contributed by atoms with Gasteiger partial charge in [-0.3, -0.25) is 4.90 Å². The number of nitrogens with zero attached hydrogens (tertiary/aromatic N) is 6. The van der Waals surface area contributed by atoms with Crippen molar-refractivity contribution >= 4 is 15.5 Å². The molecule has 0 bridgehead atoms. The molecule has 5 rings (SSSR count). The molecule has 0 aliphatic carbocycles. The summed E-state index contributed by atoms with van der Waals surface area (Å²) >= 11 is 0. The van der Waals surface area contributed by atoms with Gasteiger partial charge in [-0.05, 0) is 30.0 Å². The number of anilines is 1. The van der Waals surface area contributed by atoms with Crippen molar-refractivity contribution in [1.29, 1.82) is 0 Å². The Balaban J connectivity index is 1.55. The summed E-state index contributed by atoms with van der Waals surface area (Å²) in [6.45, 7) is 0.513. The summed E-state index contributed by atoms with van der Waals surface area (Å²) in [4.78, 5) is 4.20. The van der Waals surface area contributed by atoms with E-state index in [1.165, 1.54) is 11.0 Å². The normalized spacial score (nSPS) is 23.8. The highest BCUT2D eigenvalue weighted by Gasteiger charge is 2.41. The van der Waals surface area contributed by atoms with Gasteiger partial charge in [-0.15, -0.1) is 10.2 Å². The topological polar surface area (TPSA) is 110 Å². The summed E-state index contributed by atoms with van der Waals surface area (Å²) in [6, 6.07) is 10.3. The first kappa shape index (κ1) is 24.7. The number of fused-ring (bicyclic) bond motifs is 1. The van der Waals surface area contributed by atoms with Crippen LogP contribution >= 0.6 is 0 Å². The standard InChI is InChI=1S/C23H26F3N7O2S/c1-31-12-17(9-23(25,26)14-31)33-29-22(28-30-33)18-7-20-21(8-19(18)24)36(34,35)13-16(27)11-32(20)10-15-5-3-2-4-6-15/h2-8,16-17H,9-14,27H2,1H3/t16-,17?/m1/s1. The zero-order valence-corrected chi connectivity index (χ0v) is 20.4. The van der Waals surface area contributed by atoms with Crippen LogP contribution in [0.15, 0.2) is 47.4 Å². The third-order valence-corrected chi connectivity index (χ3v) is 8.25. The SMILES string of the molecule is CN1CC(n2nnc(-c3cc4c(cc3F)S(=O)(=O)C[C@H](N)CN4Cc3ccccc3)n2)CC(F)(F)C1. The number of halogens is 3. The van der Waals surface area contributed by atoms with Crippen LogP contribution in [0, 0.1) is 5.82 Å². The van der Waals surface area contributed by atoms with Crippen LogP contribution in [0.2, 0.25) is 0 Å². The molecular weight excluding hydrogens is 495 g/mol. The number of hydrogen-bond donors (Lipinski definition) is 1. The minimum atomic E-state index is -3.86. The number of tetrazole rings is 1. The molecule has 0 spiro atoms. The van der Waals surface area contributed by atoms with Crippen LogP contribution in [-0.4, -0.2) is 77.9 Å². The number of likely N-dealkylation sites (N-methyl/N-ethyl adjacent to an activating group) is 1. The van der Waals surface area contributed by atoms with Crippen LogP contribution in [0.25, 0.3) is 11.4 Å². The van der Waals surface area contributed by atoms with Crippen LogP contribution in [0.1, 0.15) is 18.0 Å². The summed E-state index contributed by atoms with van der Waals surface area (Å²) < 4.78 is 69.4. The highest BCUT2D eigenvalue weighted by atomic mass is 32.2. The van der Waals surface area contributed by atoms with Gasteiger partial charge >= 0.3 is 0 Å². The van der Waals surface area contributed by atoms with Gasteiger partial charge < -0.3 is 10.6 Å². The molecule has 2 aromatic carbocycles. The molecule has 0 amide bonds. The lowest BCUT2D eigenvalue weighted by atomic mass is 10.0. The zero-order valence-electron chi connectivity index (χ0n) is 19.6. The quantitative estimate of drug-likeness (QED) is 0.556. The lowest BCUT2D eigenvalue weighted by Gasteiger charge is -2.34. The van der Waals surface area contributed by atoms with Crippen molar-refractivity contribution in [3.8, 4) is 11.4 Å². The number of aromatic nitrogens is 4. The fourth-order valence-corrected chi connectivity index (χ4v) is 6.54. The van der Waals surface area contributed by atoms with E-state index in [9.17, 15) is 17.2 Å². The first-order valence-corrected chi connectivity index (χ1v) is 13.1. The highest BCUT2D eigenvalue weighted by molar-refractivity contribution is 7.91. The number of sulfone groups is 1. The summed E-state index contributed by atoms with van der Waals surface area (Å²) in [5.41, 5.74) is 7.26. The second kappa shape index (κ2) is 9.12. The summed E-state index contributed by atoms with van der Waals surface area (Å²) in [5, 5.41) is 12.0. The Hall–Kier alpha value is -3.03. The summed E-state index contributed by atoms with van der Waals surface area (Å²) in [5.74, 6) is -4.19. The second-order valence-corrected chi connectivity index (χ2v) is 11.6. The fourth-order valence-electron chi connectivity index (χ4n) is 4.91. The molecule has 13 heteroatoms. The third kappa shape index (κ3) is 4.95. The van der Waals surface area contributed by atoms with Gasteiger partial charge in [0.2, 0.25) is 5.82 Å². The first-order valence-electron chi connectivity index (χ1n) is 11.5. The third-order valence-electron chi connectivity index (χ3n) is 6.38. The van der Waals surface area contributed by atoms with E-state index in [4.69, 9.17) is 5.73 Å². The molecule has 3 heterocycles. The molecule has 2 N–H and O–H groups in total. The van der Waals surface area contributed by atoms with E-state index in [0.717, 1.165) is 16.4 Å². The predicted molar refractivity (Wildman–Crippen MR) is 127 cm³/mol. The number of benzene rings is 2. The van der Waals surface area contributed by atoms with Gasteiger partial charge in [0.1, 0.15) is 5.82 Å². The van der Waals surface area contributed by atoms with E-state index in [-0.39, 0.29) is 40.8 Å². The number of nitrogens with two attached hydrogens (primary N) is 1. The molecule has 0 saturated carbocycles. The van der Waals surface area contributed by atoms with Crippen molar-refractivity contribution < 1.29 is 21.6 Å². The Labute approximate surface area is 206 Å². The van der Waals surface area contributed by atoms with Gasteiger partial charge in [-0.2, -0.15) is 4.80 Å². The van der Waals surface area contributed by atoms with Crippen LogP contribution in [0.4, 0.5) is 18.9 Å². The number of likely N-dealkylation sites (tertiary alicyclic amines) is 1. The Morgan fingerprint density at radius 1 is 1.17 bits per heavy atom. The maximum atomic E-state index is 15.3. The smallest absolute Gasteiger partial charge is 0.262 e. The van der Waals surface area contributed by atoms with Gasteiger partial charge in [0, 0.05) is 32.1 Å². The molecule has 1 aromatic heterocycles. The molecule has 0 radical (unpaired) electrons. The van der Waals surface area contributed by atoms with Crippen LogP contribution in [0.3, 0.4) is 0 Å². The molecule has 9 nitrogen and oxygen atoms in total. The Morgan fingerprint density at radius 2 is 1.92 bits per heavy atom. The molecule has 1 fully saturated rings. The van der Waals surface area contributed by atoms with Crippen molar-refractivity contribution in [3.05, 3.63) is 53.8 Å². The van der Waals surface area contributed by atoms with Crippen LogP contribution in [-0.2, 0) is 16.4 Å². The molecule has 3 aromatic rings. The zero-order chi connectivity index (χ0) is 25.7. The van der Waals surface area contributed by atoms with Crippen molar-refractivity contribution in [3.63, 3.8) is 0 Å². The van der Waals surface area contributed by atoms with Gasteiger partial charge in [-0.25, -0.2) is 21.6 Å². The van der Waals surface area contributed by atoms with Gasteiger partial charge in [0.25, 0.3) is 5.92 Å². The fraction of sp³-hybridized carbons (Fsp3) is 0.435. The van der Waals surface area contributed by atoms with Crippen LogP contribution in [0.5, 0.6) is 0 Å². The first-order chi connectivity index (χ1) is 17.0. The minimum absolute atomic E-state index is 0.0698. The van der Waals surface area contributed by atoms with E-state index in [1.807, 2.05) is 30.3 Å². The maximum Gasteiger partial charge on any atom is 0.262 e. The van der Waals surface area contributed by atoms with Crippen molar-refractivity contribution in [1.82, 2.24) is 25.1 Å². The molecule has 192 valence electrons.